The van der Waals surface area contributed by atoms with Crippen molar-refractivity contribution < 1.29 is 27.1 Å². The van der Waals surface area contributed by atoms with Crippen molar-refractivity contribution in [2.24, 2.45) is 0 Å². The van der Waals surface area contributed by atoms with Crippen LogP contribution in [0.3, 0.4) is 0 Å². The molecule has 0 saturated heterocycles. The topological polar surface area (TPSA) is 39.4 Å². The number of carbonyl (C=O) groups is 1. The molecule has 88 valence electrons. The van der Waals surface area contributed by atoms with Crippen molar-refractivity contribution in [3.05, 3.63) is 35.1 Å². The third kappa shape index (κ3) is 1.40. The molecule has 0 bridgehead atoms. The predicted octanol–water partition coefficient (Wildman–Crippen LogP) is 3.12. The number of esters is 1. The molecule has 17 heavy (non-hydrogen) atoms. The van der Waals surface area contributed by atoms with Crippen LogP contribution in [0.25, 0.3) is 11.0 Å². The van der Waals surface area contributed by atoms with Crippen molar-refractivity contribution in [2.45, 2.75) is 12.8 Å². The Bertz CT molecular complexity index is 625. The monoisotopic (exact) mass is 242 g/mol. The van der Waals surface area contributed by atoms with Crippen LogP contribution in [0.5, 0.6) is 0 Å². The Labute approximate surface area is 92.8 Å². The highest BCUT2D eigenvalue weighted by Gasteiger charge is 2.33. The maximum Gasteiger partial charge on any atom is 0.416 e. The van der Waals surface area contributed by atoms with E-state index < -0.39 is 17.7 Å². The highest BCUT2D eigenvalue weighted by molar-refractivity contribution is 6.06. The summed E-state index contributed by atoms with van der Waals surface area (Å²) in [5.41, 5.74) is -0.513. The number of hydrogen-bond acceptors (Lipinski definition) is 3. The second-order valence-electron chi connectivity index (χ2n) is 3.69. The lowest BCUT2D eigenvalue weighted by Gasteiger charge is -2.05. The van der Waals surface area contributed by atoms with Crippen molar-refractivity contribution in [3.8, 4) is 0 Å². The number of ether oxygens (including phenoxy) is 1. The van der Waals surface area contributed by atoms with Gasteiger partial charge in [0.25, 0.3) is 0 Å². The van der Waals surface area contributed by atoms with Crippen LogP contribution in [0.2, 0.25) is 0 Å². The second-order valence-corrected chi connectivity index (χ2v) is 3.69. The van der Waals surface area contributed by atoms with Gasteiger partial charge in [-0.3, -0.25) is 0 Å². The van der Waals surface area contributed by atoms with E-state index in [-0.39, 0.29) is 23.5 Å². The summed E-state index contributed by atoms with van der Waals surface area (Å²) in [5, 5.41) is 0.357. The summed E-state index contributed by atoms with van der Waals surface area (Å²) in [7, 11) is 0. The van der Waals surface area contributed by atoms with Gasteiger partial charge in [-0.25, -0.2) is 4.79 Å². The Morgan fingerprint density at radius 3 is 2.71 bits per heavy atom. The van der Waals surface area contributed by atoms with E-state index in [9.17, 15) is 18.0 Å². The van der Waals surface area contributed by atoms with Gasteiger partial charge in [0.15, 0.2) is 12.4 Å². The van der Waals surface area contributed by atoms with Crippen LogP contribution in [0, 0.1) is 0 Å². The predicted molar refractivity (Wildman–Crippen MR) is 50.3 cm³/mol. The van der Waals surface area contributed by atoms with Crippen molar-refractivity contribution in [3.63, 3.8) is 0 Å². The van der Waals surface area contributed by atoms with Gasteiger partial charge in [-0.15, -0.1) is 0 Å². The first-order valence-electron chi connectivity index (χ1n) is 4.76. The minimum Gasteiger partial charge on any atom is -0.456 e. The van der Waals surface area contributed by atoms with E-state index in [1.165, 1.54) is 6.07 Å². The lowest BCUT2D eigenvalue weighted by atomic mass is 10.1. The molecule has 2 heterocycles. The van der Waals surface area contributed by atoms with Crippen molar-refractivity contribution in [1.82, 2.24) is 0 Å². The zero-order valence-corrected chi connectivity index (χ0v) is 8.30. The Balaban J connectivity index is 2.24. The highest BCUT2D eigenvalue weighted by Crippen LogP contribution is 2.36. The van der Waals surface area contributed by atoms with E-state index in [4.69, 9.17) is 9.15 Å². The molecule has 0 amide bonds. The van der Waals surface area contributed by atoms with Gasteiger partial charge < -0.3 is 9.15 Å². The molecule has 2 aromatic rings. The zero-order valence-electron chi connectivity index (χ0n) is 8.30. The highest BCUT2D eigenvalue weighted by atomic mass is 19.4. The van der Waals surface area contributed by atoms with E-state index in [2.05, 4.69) is 0 Å². The summed E-state index contributed by atoms with van der Waals surface area (Å²) in [6.07, 6.45) is -4.42. The molecule has 0 fully saturated rings. The number of halogens is 3. The normalized spacial score (nSPS) is 15.1. The van der Waals surface area contributed by atoms with Gasteiger partial charge in [-0.2, -0.15) is 13.2 Å². The standard InChI is InChI=1S/C11H5F3O3/c12-11(13,14)5-1-2-6-7(3-5)17-8-4-16-10(15)9(6)8/h1-3H,4H2. The molecule has 6 heteroatoms. The molecule has 0 spiro atoms. The van der Waals surface area contributed by atoms with E-state index in [0.29, 0.717) is 5.39 Å². The first-order valence-corrected chi connectivity index (χ1v) is 4.76. The average Bonchev–Trinajstić information content (AvgIpc) is 2.76. The number of cyclic esters (lactones) is 1. The number of carbonyl (C=O) groups excluding carboxylic acids is 1. The summed E-state index contributed by atoms with van der Waals surface area (Å²) < 4.78 is 47.3. The molecular formula is C11H5F3O3. The molecule has 1 aromatic carbocycles. The van der Waals surface area contributed by atoms with Gasteiger partial charge in [0.05, 0.1) is 5.56 Å². The fourth-order valence-electron chi connectivity index (χ4n) is 1.85. The third-order valence-corrected chi connectivity index (χ3v) is 2.63. The number of hydrogen-bond donors (Lipinski definition) is 0. The molecule has 0 aliphatic carbocycles. The number of furan rings is 1. The van der Waals surface area contributed by atoms with Crippen LogP contribution in [0.4, 0.5) is 13.2 Å². The molecule has 0 saturated carbocycles. The largest absolute Gasteiger partial charge is 0.456 e. The van der Waals surface area contributed by atoms with Gasteiger partial charge in [0.1, 0.15) is 11.1 Å². The lowest BCUT2D eigenvalue weighted by molar-refractivity contribution is -0.137. The van der Waals surface area contributed by atoms with E-state index in [1.54, 1.807) is 0 Å². The fraction of sp³-hybridized carbons (Fsp3) is 0.182. The van der Waals surface area contributed by atoms with E-state index in [0.717, 1.165) is 12.1 Å². The van der Waals surface area contributed by atoms with Gasteiger partial charge in [0, 0.05) is 5.39 Å². The van der Waals surface area contributed by atoms with E-state index in [1.807, 2.05) is 0 Å². The number of alkyl halides is 3. The maximum atomic E-state index is 12.5. The molecule has 3 rings (SSSR count). The third-order valence-electron chi connectivity index (χ3n) is 2.63. The molecular weight excluding hydrogens is 237 g/mol. The van der Waals surface area contributed by atoms with Gasteiger partial charge in [-0.05, 0) is 18.2 Å². The molecule has 1 aromatic heterocycles. The number of fused-ring (bicyclic) bond motifs is 3. The Kier molecular flexibility index (Phi) is 1.81. The van der Waals surface area contributed by atoms with Gasteiger partial charge >= 0.3 is 12.1 Å². The average molecular weight is 242 g/mol. The number of rotatable bonds is 0. The second kappa shape index (κ2) is 3.03. The van der Waals surface area contributed by atoms with Crippen LogP contribution >= 0.6 is 0 Å². The first-order chi connectivity index (χ1) is 7.97. The fourth-order valence-corrected chi connectivity index (χ4v) is 1.85. The quantitative estimate of drug-likeness (QED) is 0.666. The van der Waals surface area contributed by atoms with Crippen LogP contribution in [-0.4, -0.2) is 5.97 Å². The maximum absolute atomic E-state index is 12.5. The Hall–Kier alpha value is -1.98. The number of benzene rings is 1. The first kappa shape index (κ1) is 10.2. The molecule has 0 radical (unpaired) electrons. The van der Waals surface area contributed by atoms with Crippen molar-refractivity contribution >= 4 is 16.9 Å². The molecule has 0 atom stereocenters. The summed E-state index contributed by atoms with van der Waals surface area (Å²) in [5.74, 6) is -0.275. The van der Waals surface area contributed by atoms with Crippen molar-refractivity contribution in [2.75, 3.05) is 0 Å². The summed E-state index contributed by atoms with van der Waals surface area (Å²) in [6, 6.07) is 3.04. The molecule has 0 unspecified atom stereocenters. The summed E-state index contributed by atoms with van der Waals surface area (Å²) in [4.78, 5) is 11.3. The smallest absolute Gasteiger partial charge is 0.416 e. The molecule has 1 aliphatic rings. The van der Waals surface area contributed by atoms with Gasteiger partial charge in [0.2, 0.25) is 0 Å². The molecule has 0 N–H and O–H groups in total. The van der Waals surface area contributed by atoms with Crippen LogP contribution in [0.15, 0.2) is 22.6 Å². The Morgan fingerprint density at radius 2 is 2.00 bits per heavy atom. The SMILES string of the molecule is O=C1OCc2oc3cc(C(F)(F)F)ccc3c21. The molecule has 1 aliphatic heterocycles. The lowest BCUT2D eigenvalue weighted by Crippen LogP contribution is -2.04. The van der Waals surface area contributed by atoms with Crippen LogP contribution in [0.1, 0.15) is 21.7 Å². The van der Waals surface area contributed by atoms with E-state index >= 15 is 0 Å². The minimum absolute atomic E-state index is 0.0236. The van der Waals surface area contributed by atoms with Crippen LogP contribution < -0.4 is 0 Å². The Morgan fingerprint density at radius 1 is 1.24 bits per heavy atom. The van der Waals surface area contributed by atoms with Crippen molar-refractivity contribution in [1.29, 1.82) is 0 Å². The minimum atomic E-state index is -4.42. The van der Waals surface area contributed by atoms with Crippen LogP contribution in [-0.2, 0) is 17.5 Å². The molecule has 3 nitrogen and oxygen atoms in total. The zero-order chi connectivity index (χ0) is 12.2. The van der Waals surface area contributed by atoms with Gasteiger partial charge in [-0.1, -0.05) is 0 Å². The summed E-state index contributed by atoms with van der Waals surface area (Å²) >= 11 is 0. The summed E-state index contributed by atoms with van der Waals surface area (Å²) in [6.45, 7) is -0.0236.